The van der Waals surface area contributed by atoms with Crippen LogP contribution in [0.5, 0.6) is 0 Å². The van der Waals surface area contributed by atoms with Crippen molar-refractivity contribution in [1.29, 1.82) is 0 Å². The van der Waals surface area contributed by atoms with Crippen LogP contribution in [0.25, 0.3) is 22.0 Å². The molecule has 0 bridgehead atoms. The molecule has 1 N–H and O–H groups in total. The summed E-state index contributed by atoms with van der Waals surface area (Å²) in [5, 5.41) is 9.64. The summed E-state index contributed by atoms with van der Waals surface area (Å²) in [5.41, 5.74) is 1.99. The summed E-state index contributed by atoms with van der Waals surface area (Å²) < 4.78 is 1.79. The monoisotopic (exact) mass is 337 g/mol. The van der Waals surface area contributed by atoms with Crippen LogP contribution in [0.15, 0.2) is 47.5 Å². The van der Waals surface area contributed by atoms with Gasteiger partial charge in [-0.25, -0.2) is 9.78 Å². The minimum Gasteiger partial charge on any atom is -0.477 e. The highest BCUT2D eigenvalue weighted by atomic mass is 16.4. The van der Waals surface area contributed by atoms with Crippen molar-refractivity contribution < 1.29 is 9.90 Å². The third-order valence-corrected chi connectivity index (χ3v) is 4.19. The molecule has 2 heterocycles. The number of hydrogen-bond acceptors (Lipinski definition) is 4. The highest BCUT2D eigenvalue weighted by Gasteiger charge is 2.14. The normalized spacial score (nSPS) is 10.8. The van der Waals surface area contributed by atoms with Crippen molar-refractivity contribution in [2.75, 3.05) is 19.0 Å². The molecule has 2 aromatic heterocycles. The summed E-state index contributed by atoms with van der Waals surface area (Å²) >= 11 is 0. The number of rotatable bonds is 4. The van der Waals surface area contributed by atoms with E-state index in [1.54, 1.807) is 16.8 Å². The summed E-state index contributed by atoms with van der Waals surface area (Å²) in [7, 11) is 3.85. The standard InChI is InChI=1S/C19H19N3O3/c1-4-22-11-15(19(24)25)18(23)14-6-5-12(9-16(14)22)13-7-8-20-17(10-13)21(2)3/h5-11H,4H2,1-3H3,(H,24,25). The van der Waals surface area contributed by atoms with Crippen molar-refractivity contribution in [1.82, 2.24) is 9.55 Å². The Bertz CT molecular complexity index is 1020. The lowest BCUT2D eigenvalue weighted by molar-refractivity contribution is 0.0695. The number of carboxylic acids is 1. The SMILES string of the molecule is CCn1cc(C(=O)O)c(=O)c2ccc(-c3ccnc(N(C)C)c3)cc21. The number of aryl methyl sites for hydroxylation is 1. The number of fused-ring (bicyclic) bond motifs is 1. The van der Waals surface area contributed by atoms with Gasteiger partial charge >= 0.3 is 5.97 Å². The Labute approximate surface area is 145 Å². The van der Waals surface area contributed by atoms with Gasteiger partial charge in [-0.3, -0.25) is 4.79 Å². The van der Waals surface area contributed by atoms with Gasteiger partial charge in [-0.15, -0.1) is 0 Å². The second-order valence-corrected chi connectivity index (χ2v) is 5.99. The van der Waals surface area contributed by atoms with Gasteiger partial charge in [0, 0.05) is 38.4 Å². The molecule has 0 amide bonds. The molecule has 3 rings (SSSR count). The smallest absolute Gasteiger partial charge is 0.341 e. The Morgan fingerprint density at radius 1 is 1.20 bits per heavy atom. The highest BCUT2D eigenvalue weighted by molar-refractivity contribution is 5.93. The summed E-state index contributed by atoms with van der Waals surface area (Å²) in [6.07, 6.45) is 3.16. The van der Waals surface area contributed by atoms with Gasteiger partial charge in [0.05, 0.1) is 5.52 Å². The summed E-state index contributed by atoms with van der Waals surface area (Å²) in [6, 6.07) is 9.33. The van der Waals surface area contributed by atoms with Crippen molar-refractivity contribution in [3.8, 4) is 11.1 Å². The molecule has 0 spiro atoms. The molecule has 128 valence electrons. The number of pyridine rings is 2. The molecular weight excluding hydrogens is 318 g/mol. The van der Waals surface area contributed by atoms with Gasteiger partial charge < -0.3 is 14.6 Å². The minimum atomic E-state index is -1.21. The van der Waals surface area contributed by atoms with Crippen LogP contribution < -0.4 is 10.3 Å². The molecule has 1 aromatic carbocycles. The van der Waals surface area contributed by atoms with Crippen molar-refractivity contribution in [2.24, 2.45) is 0 Å². The molecular formula is C19H19N3O3. The molecule has 25 heavy (non-hydrogen) atoms. The number of hydrogen-bond donors (Lipinski definition) is 1. The van der Waals surface area contributed by atoms with Gasteiger partial charge in [-0.1, -0.05) is 6.07 Å². The van der Waals surface area contributed by atoms with Crippen LogP contribution in [-0.2, 0) is 6.54 Å². The first-order valence-electron chi connectivity index (χ1n) is 7.96. The largest absolute Gasteiger partial charge is 0.477 e. The zero-order valence-electron chi connectivity index (χ0n) is 14.4. The summed E-state index contributed by atoms with van der Waals surface area (Å²) in [6.45, 7) is 2.48. The molecule has 0 saturated heterocycles. The van der Waals surface area contributed by atoms with Crippen LogP contribution in [0.3, 0.4) is 0 Å². The lowest BCUT2D eigenvalue weighted by Crippen LogP contribution is -2.18. The molecule has 0 radical (unpaired) electrons. The Balaban J connectivity index is 2.24. The highest BCUT2D eigenvalue weighted by Crippen LogP contribution is 2.25. The summed E-state index contributed by atoms with van der Waals surface area (Å²) in [4.78, 5) is 30.0. The fourth-order valence-corrected chi connectivity index (χ4v) is 2.83. The van der Waals surface area contributed by atoms with E-state index < -0.39 is 11.4 Å². The zero-order valence-corrected chi connectivity index (χ0v) is 14.4. The number of aromatic nitrogens is 2. The molecule has 0 saturated carbocycles. The van der Waals surface area contributed by atoms with E-state index in [4.69, 9.17) is 0 Å². The Hall–Kier alpha value is -3.15. The number of carboxylic acid groups (broad SMARTS) is 1. The molecule has 0 aliphatic carbocycles. The van der Waals surface area contributed by atoms with Crippen molar-refractivity contribution >= 4 is 22.7 Å². The van der Waals surface area contributed by atoms with E-state index in [0.717, 1.165) is 22.5 Å². The molecule has 0 unspecified atom stereocenters. The maximum absolute atomic E-state index is 12.4. The van der Waals surface area contributed by atoms with E-state index in [1.807, 2.05) is 50.2 Å². The van der Waals surface area contributed by atoms with Crippen LogP contribution >= 0.6 is 0 Å². The Morgan fingerprint density at radius 2 is 1.92 bits per heavy atom. The second-order valence-electron chi connectivity index (χ2n) is 5.99. The number of anilines is 1. The molecule has 0 aliphatic rings. The van der Waals surface area contributed by atoms with Gasteiger partial charge in [0.2, 0.25) is 5.43 Å². The summed E-state index contributed by atoms with van der Waals surface area (Å²) in [5.74, 6) is -0.366. The van der Waals surface area contributed by atoms with Crippen molar-refractivity contribution in [3.05, 3.63) is 58.5 Å². The number of carbonyl (C=O) groups is 1. The number of nitrogens with zero attached hydrogens (tertiary/aromatic N) is 3. The quantitative estimate of drug-likeness (QED) is 0.792. The third kappa shape index (κ3) is 2.98. The maximum atomic E-state index is 12.4. The molecule has 0 atom stereocenters. The van der Waals surface area contributed by atoms with Crippen LogP contribution in [0, 0.1) is 0 Å². The molecule has 0 aliphatic heterocycles. The van der Waals surface area contributed by atoms with Crippen LogP contribution in [0.4, 0.5) is 5.82 Å². The molecule has 0 fully saturated rings. The van der Waals surface area contributed by atoms with E-state index >= 15 is 0 Å². The first-order valence-corrected chi connectivity index (χ1v) is 7.96. The molecule has 6 heteroatoms. The number of aromatic carboxylic acids is 1. The fourth-order valence-electron chi connectivity index (χ4n) is 2.83. The van der Waals surface area contributed by atoms with Gasteiger partial charge in [0.15, 0.2) is 0 Å². The Kier molecular flexibility index (Phi) is 4.27. The van der Waals surface area contributed by atoms with Gasteiger partial charge in [-0.05, 0) is 42.3 Å². The van der Waals surface area contributed by atoms with Crippen LogP contribution in [0.2, 0.25) is 0 Å². The predicted molar refractivity (Wildman–Crippen MR) is 98.4 cm³/mol. The lowest BCUT2D eigenvalue weighted by atomic mass is 10.0. The topological polar surface area (TPSA) is 75.4 Å². The minimum absolute atomic E-state index is 0.207. The predicted octanol–water partition coefficient (Wildman–Crippen LogP) is 2.85. The second kappa shape index (κ2) is 6.39. The zero-order chi connectivity index (χ0) is 18.1. The fraction of sp³-hybridized carbons (Fsp3) is 0.211. The van der Waals surface area contributed by atoms with Crippen LogP contribution in [-0.4, -0.2) is 34.7 Å². The van der Waals surface area contributed by atoms with E-state index in [0.29, 0.717) is 11.9 Å². The van der Waals surface area contributed by atoms with Crippen molar-refractivity contribution in [3.63, 3.8) is 0 Å². The number of benzene rings is 1. The van der Waals surface area contributed by atoms with Gasteiger partial charge in [0.1, 0.15) is 11.4 Å². The third-order valence-electron chi connectivity index (χ3n) is 4.19. The van der Waals surface area contributed by atoms with E-state index in [1.165, 1.54) is 6.20 Å². The molecule has 6 nitrogen and oxygen atoms in total. The van der Waals surface area contributed by atoms with E-state index in [-0.39, 0.29) is 5.56 Å². The Morgan fingerprint density at radius 3 is 2.56 bits per heavy atom. The van der Waals surface area contributed by atoms with Crippen molar-refractivity contribution in [2.45, 2.75) is 13.5 Å². The van der Waals surface area contributed by atoms with Gasteiger partial charge in [0.25, 0.3) is 0 Å². The molecule has 3 aromatic rings. The van der Waals surface area contributed by atoms with Gasteiger partial charge in [-0.2, -0.15) is 0 Å². The first-order chi connectivity index (χ1) is 11.9. The average molecular weight is 337 g/mol. The van der Waals surface area contributed by atoms with E-state index in [9.17, 15) is 14.7 Å². The maximum Gasteiger partial charge on any atom is 0.341 e. The van der Waals surface area contributed by atoms with E-state index in [2.05, 4.69) is 4.98 Å². The average Bonchev–Trinajstić information content (AvgIpc) is 2.61. The van der Waals surface area contributed by atoms with Crippen LogP contribution in [0.1, 0.15) is 17.3 Å². The lowest BCUT2D eigenvalue weighted by Gasteiger charge is -2.14. The first kappa shape index (κ1) is 16.7.